The van der Waals surface area contributed by atoms with Crippen molar-refractivity contribution in [1.82, 2.24) is 0 Å². The molecule has 106 valence electrons. The Hall–Kier alpha value is -2.60. The summed E-state index contributed by atoms with van der Waals surface area (Å²) in [5.41, 5.74) is 4.13. The van der Waals surface area contributed by atoms with E-state index in [-0.39, 0.29) is 5.71 Å². The van der Waals surface area contributed by atoms with Crippen molar-refractivity contribution < 1.29 is 9.66 Å². The van der Waals surface area contributed by atoms with E-state index in [2.05, 4.69) is 10.5 Å². The van der Waals surface area contributed by atoms with Crippen LogP contribution in [0.4, 0.5) is 5.69 Å². The zero-order valence-corrected chi connectivity index (χ0v) is 11.4. The van der Waals surface area contributed by atoms with Crippen LogP contribution in [0.25, 0.3) is 0 Å². The minimum absolute atomic E-state index is 0.218. The topological polar surface area (TPSA) is 76.8 Å². The predicted octanol–water partition coefficient (Wildman–Crippen LogP) is 3.15. The maximum absolute atomic E-state index is 11.1. The minimum Gasteiger partial charge on any atom is -0.424 e. The number of nitrogens with one attached hydrogen (secondary N) is 1. The summed E-state index contributed by atoms with van der Waals surface area (Å²) in [6.07, 6.45) is -1.32. The van der Waals surface area contributed by atoms with Gasteiger partial charge in [-0.1, -0.05) is 35.9 Å². The molecule has 2 aromatic carbocycles. The fourth-order valence-corrected chi connectivity index (χ4v) is 2.20. The van der Waals surface area contributed by atoms with Crippen molar-refractivity contribution in [3.05, 3.63) is 69.2 Å². The van der Waals surface area contributed by atoms with Crippen LogP contribution in [0.2, 0.25) is 5.02 Å². The number of nitro groups is 1. The number of hydrogen-bond donors (Lipinski definition) is 1. The Bertz CT molecular complexity index is 733. The maximum atomic E-state index is 11.1. The van der Waals surface area contributed by atoms with Crippen LogP contribution in [-0.4, -0.2) is 16.9 Å². The number of hydrazone groups is 1. The van der Waals surface area contributed by atoms with Gasteiger partial charge >= 0.3 is 6.23 Å². The molecule has 0 saturated carbocycles. The van der Waals surface area contributed by atoms with Gasteiger partial charge in [-0.2, -0.15) is 5.10 Å². The van der Waals surface area contributed by atoms with Gasteiger partial charge in [0.25, 0.3) is 0 Å². The fraction of sp³-hybridized carbons (Fsp3) is 0.0714. The molecule has 0 saturated heterocycles. The molecule has 0 radical (unpaired) electrons. The Kier molecular flexibility index (Phi) is 3.45. The molecule has 1 heterocycles. The van der Waals surface area contributed by atoms with E-state index in [9.17, 15) is 10.1 Å². The van der Waals surface area contributed by atoms with E-state index < -0.39 is 11.2 Å². The van der Waals surface area contributed by atoms with Gasteiger partial charge in [-0.3, -0.25) is 15.5 Å². The highest BCUT2D eigenvalue weighted by molar-refractivity contribution is 6.33. The lowest BCUT2D eigenvalue weighted by Gasteiger charge is -2.05. The molecule has 1 atom stereocenters. The van der Waals surface area contributed by atoms with Gasteiger partial charge in [-0.05, 0) is 24.3 Å². The first-order valence-corrected chi connectivity index (χ1v) is 6.52. The van der Waals surface area contributed by atoms with Crippen molar-refractivity contribution in [3.63, 3.8) is 0 Å². The van der Waals surface area contributed by atoms with Gasteiger partial charge in [0.1, 0.15) is 5.75 Å². The van der Waals surface area contributed by atoms with Gasteiger partial charge in [0.05, 0.1) is 21.2 Å². The zero-order chi connectivity index (χ0) is 14.8. The summed E-state index contributed by atoms with van der Waals surface area (Å²) in [5, 5.41) is 15.7. The number of para-hydroxylation sites is 2. The number of fused-ring (bicyclic) bond motifs is 1. The molecule has 0 unspecified atom stereocenters. The molecular formula is C14H10ClN3O3. The van der Waals surface area contributed by atoms with Gasteiger partial charge in [0.2, 0.25) is 0 Å². The van der Waals surface area contributed by atoms with E-state index in [4.69, 9.17) is 16.3 Å². The summed E-state index contributed by atoms with van der Waals surface area (Å²) in [6, 6.07) is 13.9. The highest BCUT2D eigenvalue weighted by Gasteiger charge is 2.39. The van der Waals surface area contributed by atoms with E-state index >= 15 is 0 Å². The zero-order valence-electron chi connectivity index (χ0n) is 10.7. The van der Waals surface area contributed by atoms with Gasteiger partial charge in [-0.15, -0.1) is 0 Å². The normalized spacial score (nSPS) is 18.1. The van der Waals surface area contributed by atoms with Gasteiger partial charge in [0.15, 0.2) is 5.71 Å². The molecule has 0 spiro atoms. The molecule has 2 aromatic rings. The third-order valence-corrected chi connectivity index (χ3v) is 3.33. The predicted molar refractivity (Wildman–Crippen MR) is 79.5 cm³/mol. The summed E-state index contributed by atoms with van der Waals surface area (Å²) in [6.45, 7) is 0. The summed E-state index contributed by atoms with van der Waals surface area (Å²) < 4.78 is 5.30. The Balaban J connectivity index is 1.96. The molecule has 1 aliphatic rings. The van der Waals surface area contributed by atoms with Crippen LogP contribution < -0.4 is 10.2 Å². The van der Waals surface area contributed by atoms with Crippen molar-refractivity contribution in [2.24, 2.45) is 5.10 Å². The number of anilines is 1. The van der Waals surface area contributed by atoms with Crippen LogP contribution in [0.5, 0.6) is 5.75 Å². The largest absolute Gasteiger partial charge is 0.424 e. The highest BCUT2D eigenvalue weighted by Crippen LogP contribution is 2.29. The molecule has 0 fully saturated rings. The van der Waals surface area contributed by atoms with Crippen molar-refractivity contribution in [2.75, 3.05) is 5.43 Å². The first kappa shape index (κ1) is 13.4. The number of ether oxygens (including phenoxy) is 1. The summed E-state index contributed by atoms with van der Waals surface area (Å²) in [4.78, 5) is 10.6. The highest BCUT2D eigenvalue weighted by atomic mass is 35.5. The van der Waals surface area contributed by atoms with Crippen LogP contribution in [0.15, 0.2) is 53.6 Å². The Morgan fingerprint density at radius 1 is 1.19 bits per heavy atom. The van der Waals surface area contributed by atoms with E-state index in [0.717, 1.165) is 0 Å². The van der Waals surface area contributed by atoms with Crippen LogP contribution in [0, 0.1) is 10.1 Å². The Morgan fingerprint density at radius 2 is 1.90 bits per heavy atom. The number of rotatable bonds is 3. The molecule has 0 amide bonds. The van der Waals surface area contributed by atoms with E-state index in [1.54, 1.807) is 48.5 Å². The lowest BCUT2D eigenvalue weighted by atomic mass is 10.1. The summed E-state index contributed by atoms with van der Waals surface area (Å²) in [5.74, 6) is 0.443. The van der Waals surface area contributed by atoms with Gasteiger partial charge < -0.3 is 4.74 Å². The maximum Gasteiger partial charge on any atom is 0.400 e. The molecule has 21 heavy (non-hydrogen) atoms. The molecule has 0 bridgehead atoms. The number of nitrogens with zero attached hydrogens (tertiary/aromatic N) is 2. The lowest BCUT2D eigenvalue weighted by Crippen LogP contribution is -2.31. The van der Waals surface area contributed by atoms with Crippen LogP contribution in [0.3, 0.4) is 0 Å². The lowest BCUT2D eigenvalue weighted by molar-refractivity contribution is -0.538. The van der Waals surface area contributed by atoms with E-state index in [0.29, 0.717) is 22.0 Å². The van der Waals surface area contributed by atoms with Crippen LogP contribution in [0.1, 0.15) is 5.56 Å². The Morgan fingerprint density at radius 3 is 2.67 bits per heavy atom. The molecule has 3 rings (SSSR count). The van der Waals surface area contributed by atoms with Gasteiger partial charge in [-0.25, -0.2) is 0 Å². The number of hydrogen-bond acceptors (Lipinski definition) is 5. The van der Waals surface area contributed by atoms with Crippen molar-refractivity contribution in [2.45, 2.75) is 6.23 Å². The standard InChI is InChI=1S/C14H10ClN3O3/c15-10-6-2-3-7-11(10)16-17-13-9-5-1-4-8-12(9)21-14(13)18(19)20/h1-8,14,16H/b17-13-/t14-/m1/s1. The third kappa shape index (κ3) is 2.53. The number of benzene rings is 2. The molecule has 6 nitrogen and oxygen atoms in total. The first-order chi connectivity index (χ1) is 10.2. The summed E-state index contributed by atoms with van der Waals surface area (Å²) in [7, 11) is 0. The third-order valence-electron chi connectivity index (χ3n) is 3.00. The second-order valence-electron chi connectivity index (χ2n) is 4.34. The van der Waals surface area contributed by atoms with Crippen molar-refractivity contribution in [3.8, 4) is 5.75 Å². The van der Waals surface area contributed by atoms with Crippen LogP contribution >= 0.6 is 11.6 Å². The molecular weight excluding hydrogens is 294 g/mol. The average molecular weight is 304 g/mol. The first-order valence-electron chi connectivity index (χ1n) is 6.14. The molecule has 1 aliphatic heterocycles. The number of halogens is 1. The SMILES string of the molecule is O=[N+]([O-])[C@@H]1Oc2ccccc2/C1=N/Nc1ccccc1Cl. The molecule has 0 aromatic heterocycles. The quantitative estimate of drug-likeness (QED) is 0.698. The molecule has 0 aliphatic carbocycles. The van der Waals surface area contributed by atoms with E-state index in [1.165, 1.54) is 0 Å². The molecule has 7 heteroatoms. The Labute approximate surface area is 125 Å². The minimum atomic E-state index is -1.32. The second kappa shape index (κ2) is 5.41. The average Bonchev–Trinajstić information content (AvgIpc) is 2.85. The van der Waals surface area contributed by atoms with Gasteiger partial charge in [0, 0.05) is 0 Å². The van der Waals surface area contributed by atoms with Crippen molar-refractivity contribution in [1.29, 1.82) is 0 Å². The van der Waals surface area contributed by atoms with Crippen molar-refractivity contribution >= 4 is 23.0 Å². The molecule has 1 N–H and O–H groups in total. The van der Waals surface area contributed by atoms with E-state index in [1.807, 2.05) is 0 Å². The van der Waals surface area contributed by atoms with Crippen LogP contribution in [-0.2, 0) is 0 Å². The smallest absolute Gasteiger partial charge is 0.400 e. The second-order valence-corrected chi connectivity index (χ2v) is 4.75. The fourth-order valence-electron chi connectivity index (χ4n) is 2.02. The monoisotopic (exact) mass is 303 g/mol. The summed E-state index contributed by atoms with van der Waals surface area (Å²) >= 11 is 6.01.